The molecule has 2 aromatic carbocycles. The molecule has 6 nitrogen and oxygen atoms in total. The van der Waals surface area contributed by atoms with Gasteiger partial charge in [-0.05, 0) is 47.9 Å². The van der Waals surface area contributed by atoms with E-state index in [9.17, 15) is 25.9 Å². The molecule has 0 unspecified atom stereocenters. The molecule has 2 rings (SSSR count). The van der Waals surface area contributed by atoms with Gasteiger partial charge in [0, 0.05) is 0 Å². The van der Waals surface area contributed by atoms with Gasteiger partial charge >= 0.3 is 37.7 Å². The molecule has 264 valence electrons. The van der Waals surface area contributed by atoms with Crippen LogP contribution in [0.3, 0.4) is 0 Å². The van der Waals surface area contributed by atoms with Crippen LogP contribution in [0.5, 0.6) is 0 Å². The number of unbranched alkanes of at least 4 members (excludes halogenated alkanes) is 18. The van der Waals surface area contributed by atoms with Crippen molar-refractivity contribution in [1.82, 2.24) is 0 Å². The Kier molecular flexibility index (Phi) is 29.0. The van der Waals surface area contributed by atoms with Crippen LogP contribution in [0, 0.1) is 0 Å². The summed E-state index contributed by atoms with van der Waals surface area (Å²) >= 11 is 0. The molecule has 47 heavy (non-hydrogen) atoms. The fourth-order valence-corrected chi connectivity index (χ4v) is 7.20. The molecule has 0 radical (unpaired) electrons. The number of hydrogen-bond donors (Lipinski definition) is 0. The van der Waals surface area contributed by atoms with Gasteiger partial charge in [0.05, 0.1) is 31.7 Å². The maximum Gasteiger partial charge on any atom is 2.00 e. The van der Waals surface area contributed by atoms with Crippen molar-refractivity contribution in [2.24, 2.45) is 0 Å². The Balaban J connectivity index is 0.000000882. The van der Waals surface area contributed by atoms with Crippen LogP contribution in [-0.2, 0) is 44.6 Å². The van der Waals surface area contributed by atoms with Crippen LogP contribution in [0.15, 0.2) is 48.5 Å². The third-order valence-corrected chi connectivity index (χ3v) is 9.83. The van der Waals surface area contributed by atoms with Gasteiger partial charge in [-0.25, -0.2) is 16.8 Å². The van der Waals surface area contributed by atoms with E-state index in [0.717, 1.165) is 36.8 Å². The Morgan fingerprint density at radius 2 is 0.638 bits per heavy atom. The van der Waals surface area contributed by atoms with Gasteiger partial charge in [0.25, 0.3) is 0 Å². The second kappa shape index (κ2) is 29.3. The van der Waals surface area contributed by atoms with Crippen molar-refractivity contribution in [2.75, 3.05) is 0 Å². The Morgan fingerprint density at radius 1 is 0.404 bits per heavy atom. The van der Waals surface area contributed by atoms with Gasteiger partial charge in [0.2, 0.25) is 0 Å². The largest absolute Gasteiger partial charge is 2.00 e. The van der Waals surface area contributed by atoms with E-state index in [1.54, 1.807) is 24.3 Å². The Morgan fingerprint density at radius 3 is 0.894 bits per heavy atom. The number of rotatable bonds is 26. The standard InChI is InChI=1S/2C19H32O3S.Ca/c2*1-2-3-4-5-6-7-8-9-10-11-14-18-15-12-13-16-19(18)17-23(20,21)22;/h2*12-13,15-16H,2-11,14,17H2,1H3,(H,20,21,22);/q;;+2/p-2. The van der Waals surface area contributed by atoms with E-state index in [2.05, 4.69) is 13.8 Å². The van der Waals surface area contributed by atoms with Gasteiger partial charge in [0.1, 0.15) is 0 Å². The molecule has 0 N–H and O–H groups in total. The van der Waals surface area contributed by atoms with E-state index >= 15 is 0 Å². The minimum atomic E-state index is -4.20. The molecule has 2 aromatic rings. The molecule has 9 heteroatoms. The summed E-state index contributed by atoms with van der Waals surface area (Å²) in [5.41, 5.74) is 3.34. The van der Waals surface area contributed by atoms with E-state index in [4.69, 9.17) is 0 Å². The first-order chi connectivity index (χ1) is 22.1. The molecule has 0 atom stereocenters. The summed E-state index contributed by atoms with van der Waals surface area (Å²) in [5, 5.41) is 0. The maximum atomic E-state index is 10.9. The zero-order valence-corrected chi connectivity index (χ0v) is 33.4. The Hall–Kier alpha value is -0.480. The number of benzene rings is 2. The first-order valence-electron chi connectivity index (χ1n) is 18.1. The third-order valence-electron chi connectivity index (χ3n) is 8.50. The molecular weight excluding hydrogens is 657 g/mol. The summed E-state index contributed by atoms with van der Waals surface area (Å²) in [6.45, 7) is 4.48. The van der Waals surface area contributed by atoms with Crippen LogP contribution in [0.1, 0.15) is 165 Å². The van der Waals surface area contributed by atoms with Gasteiger partial charge in [0.15, 0.2) is 0 Å². The second-order valence-electron chi connectivity index (χ2n) is 12.8. The molecule has 0 saturated heterocycles. The van der Waals surface area contributed by atoms with Crippen molar-refractivity contribution in [3.63, 3.8) is 0 Å². The minimum absolute atomic E-state index is 0. The monoisotopic (exact) mass is 718 g/mol. The summed E-state index contributed by atoms with van der Waals surface area (Å²) in [4.78, 5) is 0. The first-order valence-corrected chi connectivity index (χ1v) is 21.2. The summed E-state index contributed by atoms with van der Waals surface area (Å²) in [6.07, 6.45) is 27.4. The van der Waals surface area contributed by atoms with Gasteiger partial charge in [-0.15, -0.1) is 0 Å². The molecule has 0 saturated carbocycles. The fourth-order valence-electron chi connectivity index (χ4n) is 5.87. The van der Waals surface area contributed by atoms with Crippen LogP contribution in [0.2, 0.25) is 0 Å². The van der Waals surface area contributed by atoms with E-state index in [0.29, 0.717) is 11.1 Å². The Bertz CT molecular complexity index is 1150. The summed E-state index contributed by atoms with van der Waals surface area (Å²) in [5.74, 6) is -0.776. The average molecular weight is 719 g/mol. The molecular formula is C38H62CaO6S2. The van der Waals surface area contributed by atoms with Crippen molar-refractivity contribution >= 4 is 58.0 Å². The molecule has 0 aliphatic rings. The predicted octanol–water partition coefficient (Wildman–Crippen LogP) is 10.0. The fraction of sp³-hybridized carbons (Fsp3) is 0.684. The van der Waals surface area contributed by atoms with Crippen molar-refractivity contribution < 1.29 is 25.9 Å². The SMILES string of the molecule is CCCCCCCCCCCCc1ccccc1CS(=O)(=O)[O-].CCCCCCCCCCCCc1ccccc1CS(=O)(=O)[O-].[Ca+2]. The quantitative estimate of drug-likeness (QED) is 0.0543. The van der Waals surface area contributed by atoms with Crippen LogP contribution in [0.4, 0.5) is 0 Å². The third kappa shape index (κ3) is 28.0. The number of aryl methyl sites for hydroxylation is 2. The molecule has 0 bridgehead atoms. The Labute approximate surface area is 318 Å². The molecule has 0 fully saturated rings. The molecule has 0 heterocycles. The molecule has 0 aromatic heterocycles. The molecule has 0 aliphatic heterocycles. The van der Waals surface area contributed by atoms with Crippen LogP contribution < -0.4 is 0 Å². The summed E-state index contributed by atoms with van der Waals surface area (Å²) < 4.78 is 65.6. The van der Waals surface area contributed by atoms with Crippen LogP contribution in [0.25, 0.3) is 0 Å². The summed E-state index contributed by atoms with van der Waals surface area (Å²) in [6, 6.07) is 14.8. The smallest absolute Gasteiger partial charge is 0.748 e. The van der Waals surface area contributed by atoms with Crippen LogP contribution >= 0.6 is 0 Å². The van der Waals surface area contributed by atoms with Crippen molar-refractivity contribution in [3.05, 3.63) is 70.8 Å². The zero-order valence-electron chi connectivity index (χ0n) is 29.6. The molecule has 0 amide bonds. The maximum absolute atomic E-state index is 10.9. The normalized spacial score (nSPS) is 11.5. The molecule has 0 spiro atoms. The van der Waals surface area contributed by atoms with E-state index in [1.807, 2.05) is 24.3 Å². The van der Waals surface area contributed by atoms with Crippen molar-refractivity contribution in [2.45, 2.75) is 167 Å². The van der Waals surface area contributed by atoms with E-state index in [1.165, 1.54) is 116 Å². The first kappa shape index (κ1) is 46.5. The minimum Gasteiger partial charge on any atom is -0.748 e. The van der Waals surface area contributed by atoms with Gasteiger partial charge < -0.3 is 9.11 Å². The van der Waals surface area contributed by atoms with Gasteiger partial charge in [-0.3, -0.25) is 0 Å². The summed E-state index contributed by atoms with van der Waals surface area (Å²) in [7, 11) is -8.40. The van der Waals surface area contributed by atoms with E-state index < -0.39 is 20.2 Å². The topological polar surface area (TPSA) is 114 Å². The predicted molar refractivity (Wildman–Crippen MR) is 197 cm³/mol. The van der Waals surface area contributed by atoms with Crippen molar-refractivity contribution in [1.29, 1.82) is 0 Å². The number of hydrogen-bond acceptors (Lipinski definition) is 6. The van der Waals surface area contributed by atoms with Gasteiger partial charge in [-0.2, -0.15) is 0 Å². The molecule has 0 aliphatic carbocycles. The zero-order chi connectivity index (χ0) is 33.9. The van der Waals surface area contributed by atoms with Crippen molar-refractivity contribution in [3.8, 4) is 0 Å². The van der Waals surface area contributed by atoms with E-state index in [-0.39, 0.29) is 49.2 Å². The average Bonchev–Trinajstić information content (AvgIpc) is 2.99. The van der Waals surface area contributed by atoms with Crippen LogP contribution in [-0.4, -0.2) is 63.7 Å². The second-order valence-corrected chi connectivity index (χ2v) is 15.6. The van der Waals surface area contributed by atoms with Gasteiger partial charge in [-0.1, -0.05) is 178 Å².